The highest BCUT2D eigenvalue weighted by molar-refractivity contribution is 9.10. The van der Waals surface area contributed by atoms with Crippen molar-refractivity contribution in [1.82, 2.24) is 4.90 Å². The molecule has 0 aliphatic carbocycles. The normalized spacial score (nSPS) is 13.1. The molecule has 0 heterocycles. The Hall–Kier alpha value is -0.380. The van der Waals surface area contributed by atoms with Gasteiger partial charge in [0.25, 0.3) is 0 Å². The van der Waals surface area contributed by atoms with Gasteiger partial charge in [0.15, 0.2) is 0 Å². The van der Waals surface area contributed by atoms with Gasteiger partial charge in [0.2, 0.25) is 0 Å². The summed E-state index contributed by atoms with van der Waals surface area (Å²) >= 11 is 3.52. The van der Waals surface area contributed by atoms with Crippen molar-refractivity contribution in [2.45, 2.75) is 26.8 Å². The summed E-state index contributed by atoms with van der Waals surface area (Å²) in [5.41, 5.74) is 8.37. The standard InChI is InChI=1S/C14H23BrN2/c1-11(9-16)6-7-17(3)10-13-8-14(15)5-4-12(13)2/h4-5,8,11H,6-7,9-10,16H2,1-3H3. The third-order valence-corrected chi connectivity index (χ3v) is 3.65. The number of hydrogen-bond acceptors (Lipinski definition) is 2. The molecule has 96 valence electrons. The summed E-state index contributed by atoms with van der Waals surface area (Å²) < 4.78 is 1.15. The zero-order valence-corrected chi connectivity index (χ0v) is 12.6. The number of nitrogens with two attached hydrogens (primary N) is 1. The van der Waals surface area contributed by atoms with E-state index in [2.05, 4.69) is 59.9 Å². The van der Waals surface area contributed by atoms with E-state index >= 15 is 0 Å². The van der Waals surface area contributed by atoms with E-state index in [4.69, 9.17) is 5.73 Å². The van der Waals surface area contributed by atoms with E-state index in [1.54, 1.807) is 0 Å². The van der Waals surface area contributed by atoms with Crippen molar-refractivity contribution in [3.05, 3.63) is 33.8 Å². The summed E-state index contributed by atoms with van der Waals surface area (Å²) in [6.45, 7) is 7.26. The molecule has 0 bridgehead atoms. The van der Waals surface area contributed by atoms with Gasteiger partial charge in [-0.3, -0.25) is 0 Å². The van der Waals surface area contributed by atoms with Crippen LogP contribution in [0.4, 0.5) is 0 Å². The van der Waals surface area contributed by atoms with Crippen LogP contribution in [-0.2, 0) is 6.54 Å². The third kappa shape index (κ3) is 5.19. The predicted molar refractivity (Wildman–Crippen MR) is 78.0 cm³/mol. The largest absolute Gasteiger partial charge is 0.330 e. The summed E-state index contributed by atoms with van der Waals surface area (Å²) in [6, 6.07) is 6.46. The van der Waals surface area contributed by atoms with Crippen molar-refractivity contribution in [1.29, 1.82) is 0 Å². The molecule has 0 saturated carbocycles. The van der Waals surface area contributed by atoms with Gasteiger partial charge in [0.05, 0.1) is 0 Å². The Morgan fingerprint density at radius 2 is 2.12 bits per heavy atom. The van der Waals surface area contributed by atoms with Crippen molar-refractivity contribution < 1.29 is 0 Å². The molecular weight excluding hydrogens is 276 g/mol. The molecule has 1 aromatic rings. The molecule has 17 heavy (non-hydrogen) atoms. The number of halogens is 1. The minimum absolute atomic E-state index is 0.612. The van der Waals surface area contributed by atoms with E-state index in [1.165, 1.54) is 17.5 Å². The van der Waals surface area contributed by atoms with Crippen LogP contribution >= 0.6 is 15.9 Å². The molecule has 0 fully saturated rings. The Morgan fingerprint density at radius 1 is 1.41 bits per heavy atom. The number of rotatable bonds is 6. The summed E-state index contributed by atoms with van der Waals surface area (Å²) in [6.07, 6.45) is 1.17. The lowest BCUT2D eigenvalue weighted by Gasteiger charge is -2.20. The van der Waals surface area contributed by atoms with E-state index in [-0.39, 0.29) is 0 Å². The van der Waals surface area contributed by atoms with Crippen molar-refractivity contribution >= 4 is 15.9 Å². The Kier molecular flexibility index (Phi) is 6.17. The predicted octanol–water partition coefficient (Wildman–Crippen LogP) is 3.17. The van der Waals surface area contributed by atoms with Gasteiger partial charge in [-0.2, -0.15) is 0 Å². The van der Waals surface area contributed by atoms with Crippen molar-refractivity contribution in [2.24, 2.45) is 11.7 Å². The molecule has 0 aliphatic heterocycles. The smallest absolute Gasteiger partial charge is 0.0233 e. The second-order valence-electron chi connectivity index (χ2n) is 4.94. The average Bonchev–Trinajstić information content (AvgIpc) is 2.30. The molecule has 0 spiro atoms. The Balaban J connectivity index is 2.50. The fraction of sp³-hybridized carbons (Fsp3) is 0.571. The number of benzene rings is 1. The molecule has 2 N–H and O–H groups in total. The summed E-state index contributed by atoms with van der Waals surface area (Å²) in [5.74, 6) is 0.612. The Labute approximate surface area is 113 Å². The van der Waals surface area contributed by atoms with Gasteiger partial charge in [0.1, 0.15) is 0 Å². The lowest BCUT2D eigenvalue weighted by atomic mass is 10.1. The van der Waals surface area contributed by atoms with E-state index in [0.717, 1.165) is 24.1 Å². The molecule has 1 unspecified atom stereocenters. The van der Waals surface area contributed by atoms with Crippen molar-refractivity contribution in [2.75, 3.05) is 20.1 Å². The minimum Gasteiger partial charge on any atom is -0.330 e. The zero-order chi connectivity index (χ0) is 12.8. The van der Waals surface area contributed by atoms with Gasteiger partial charge in [-0.15, -0.1) is 0 Å². The number of aryl methyl sites for hydroxylation is 1. The second kappa shape index (κ2) is 7.14. The van der Waals surface area contributed by atoms with Crippen LogP contribution in [0.5, 0.6) is 0 Å². The van der Waals surface area contributed by atoms with Gasteiger partial charge in [-0.25, -0.2) is 0 Å². The van der Waals surface area contributed by atoms with Crippen LogP contribution in [0.2, 0.25) is 0 Å². The first-order chi connectivity index (χ1) is 8.02. The molecule has 3 heteroatoms. The highest BCUT2D eigenvalue weighted by Gasteiger charge is 2.06. The number of nitrogens with zero attached hydrogens (tertiary/aromatic N) is 1. The maximum atomic E-state index is 5.63. The molecule has 0 radical (unpaired) electrons. The maximum Gasteiger partial charge on any atom is 0.0233 e. The topological polar surface area (TPSA) is 29.3 Å². The molecule has 1 rings (SSSR count). The van der Waals surface area contributed by atoms with E-state index in [0.29, 0.717) is 5.92 Å². The highest BCUT2D eigenvalue weighted by atomic mass is 79.9. The van der Waals surface area contributed by atoms with E-state index in [1.807, 2.05) is 0 Å². The first-order valence-electron chi connectivity index (χ1n) is 6.16. The molecule has 0 aliphatic rings. The minimum atomic E-state index is 0.612. The van der Waals surface area contributed by atoms with Crippen LogP contribution in [0.3, 0.4) is 0 Å². The lowest BCUT2D eigenvalue weighted by Crippen LogP contribution is -2.23. The molecule has 0 aromatic heterocycles. The van der Waals surface area contributed by atoms with Crippen LogP contribution < -0.4 is 5.73 Å². The highest BCUT2D eigenvalue weighted by Crippen LogP contribution is 2.17. The molecule has 2 nitrogen and oxygen atoms in total. The van der Waals surface area contributed by atoms with Gasteiger partial charge < -0.3 is 10.6 Å². The van der Waals surface area contributed by atoms with Gasteiger partial charge in [-0.1, -0.05) is 28.9 Å². The lowest BCUT2D eigenvalue weighted by molar-refractivity contribution is 0.299. The average molecular weight is 299 g/mol. The van der Waals surface area contributed by atoms with E-state index in [9.17, 15) is 0 Å². The van der Waals surface area contributed by atoms with Gasteiger partial charge in [0, 0.05) is 11.0 Å². The summed E-state index contributed by atoms with van der Waals surface area (Å²) in [5, 5.41) is 0. The van der Waals surface area contributed by atoms with Gasteiger partial charge >= 0.3 is 0 Å². The van der Waals surface area contributed by atoms with Crippen LogP contribution in [0.15, 0.2) is 22.7 Å². The molecule has 0 saturated heterocycles. The van der Waals surface area contributed by atoms with Crippen LogP contribution in [0.1, 0.15) is 24.5 Å². The molecule has 1 atom stereocenters. The van der Waals surface area contributed by atoms with Crippen LogP contribution in [0, 0.1) is 12.8 Å². The fourth-order valence-corrected chi connectivity index (χ4v) is 2.15. The number of hydrogen-bond donors (Lipinski definition) is 1. The molecule has 1 aromatic carbocycles. The van der Waals surface area contributed by atoms with Gasteiger partial charge in [-0.05, 0) is 62.7 Å². The van der Waals surface area contributed by atoms with Crippen LogP contribution in [-0.4, -0.2) is 25.0 Å². The van der Waals surface area contributed by atoms with Crippen LogP contribution in [0.25, 0.3) is 0 Å². The SMILES string of the molecule is Cc1ccc(Br)cc1CN(C)CCC(C)CN. The summed E-state index contributed by atoms with van der Waals surface area (Å²) in [4.78, 5) is 2.36. The fourth-order valence-electron chi connectivity index (χ4n) is 1.74. The molecule has 0 amide bonds. The molecular formula is C14H23BrN2. The first kappa shape index (κ1) is 14.7. The van der Waals surface area contributed by atoms with Crippen molar-refractivity contribution in [3.8, 4) is 0 Å². The third-order valence-electron chi connectivity index (χ3n) is 3.16. The monoisotopic (exact) mass is 298 g/mol. The quantitative estimate of drug-likeness (QED) is 0.874. The Morgan fingerprint density at radius 3 is 2.76 bits per heavy atom. The maximum absolute atomic E-state index is 5.63. The second-order valence-corrected chi connectivity index (χ2v) is 5.85. The summed E-state index contributed by atoms with van der Waals surface area (Å²) in [7, 11) is 2.17. The van der Waals surface area contributed by atoms with E-state index < -0.39 is 0 Å². The first-order valence-corrected chi connectivity index (χ1v) is 6.96. The zero-order valence-electron chi connectivity index (χ0n) is 11.0. The Bertz CT molecular complexity index is 352. The van der Waals surface area contributed by atoms with Crippen molar-refractivity contribution in [3.63, 3.8) is 0 Å².